The first-order valence-electron chi connectivity index (χ1n) is 11.1. The van der Waals surface area contributed by atoms with Crippen LogP contribution in [0.2, 0.25) is 0 Å². The molecule has 0 atom stereocenters. The van der Waals surface area contributed by atoms with Gasteiger partial charge in [0.25, 0.3) is 5.91 Å². The number of carbonyl (C=O) groups is 2. The van der Waals surface area contributed by atoms with Crippen LogP contribution in [-0.4, -0.2) is 18.4 Å². The molecule has 0 fully saturated rings. The minimum Gasteiger partial charge on any atom is -0.459 e. The fraction of sp³-hybridized carbons (Fsp3) is 0.143. The van der Waals surface area contributed by atoms with E-state index in [1.165, 1.54) is 6.26 Å². The van der Waals surface area contributed by atoms with Crippen molar-refractivity contribution in [3.05, 3.63) is 108 Å². The fourth-order valence-electron chi connectivity index (χ4n) is 4.26. The lowest BCUT2D eigenvalue weighted by molar-refractivity contribution is -0.115. The number of benzene rings is 3. The lowest BCUT2D eigenvalue weighted by atomic mass is 10.0. The van der Waals surface area contributed by atoms with Crippen LogP contribution >= 0.6 is 0 Å². The van der Waals surface area contributed by atoms with Crippen molar-refractivity contribution < 1.29 is 14.0 Å². The van der Waals surface area contributed by atoms with Crippen molar-refractivity contribution in [2.45, 2.75) is 19.3 Å². The summed E-state index contributed by atoms with van der Waals surface area (Å²) in [6.45, 7) is 0.650. The van der Waals surface area contributed by atoms with Crippen LogP contribution in [0.1, 0.15) is 28.1 Å². The van der Waals surface area contributed by atoms with Gasteiger partial charge in [-0.15, -0.1) is 0 Å². The fourth-order valence-corrected chi connectivity index (χ4v) is 4.26. The zero-order valence-electron chi connectivity index (χ0n) is 18.2. The van der Waals surface area contributed by atoms with Gasteiger partial charge in [-0.2, -0.15) is 0 Å². The zero-order valence-corrected chi connectivity index (χ0v) is 18.2. The lowest BCUT2D eigenvalue weighted by Gasteiger charge is -2.29. The molecule has 0 aliphatic carbocycles. The molecule has 0 bridgehead atoms. The highest BCUT2D eigenvalue weighted by Crippen LogP contribution is 2.31. The maximum Gasteiger partial charge on any atom is 0.293 e. The van der Waals surface area contributed by atoms with Gasteiger partial charge in [0.15, 0.2) is 5.76 Å². The van der Waals surface area contributed by atoms with E-state index in [2.05, 4.69) is 17.4 Å². The number of amides is 2. The summed E-state index contributed by atoms with van der Waals surface area (Å²) in [6, 6.07) is 27.4. The Hall–Kier alpha value is -4.12. The molecule has 0 saturated carbocycles. The number of aryl methyl sites for hydroxylation is 1. The van der Waals surface area contributed by atoms with E-state index in [4.69, 9.17) is 4.42 Å². The molecule has 5 heteroatoms. The predicted molar refractivity (Wildman–Crippen MR) is 129 cm³/mol. The monoisotopic (exact) mass is 436 g/mol. The van der Waals surface area contributed by atoms with Crippen LogP contribution in [0.5, 0.6) is 0 Å². The molecule has 1 aliphatic heterocycles. The molecule has 0 spiro atoms. The standard InChI is InChI=1S/C28H24N2O3/c31-27(18-20-10-12-22(13-11-20)21-6-2-1-3-7-21)29-24-14-15-25-23(19-24)8-4-16-30(25)28(32)26-9-5-17-33-26/h1-3,5-7,9-15,17,19H,4,8,16,18H2,(H,29,31). The number of nitrogens with one attached hydrogen (secondary N) is 1. The second kappa shape index (κ2) is 9.17. The Kier molecular flexibility index (Phi) is 5.77. The van der Waals surface area contributed by atoms with Gasteiger partial charge in [0.2, 0.25) is 5.91 Å². The third-order valence-corrected chi connectivity index (χ3v) is 5.88. The van der Waals surface area contributed by atoms with Crippen LogP contribution in [0.3, 0.4) is 0 Å². The van der Waals surface area contributed by atoms with Crippen LogP contribution in [0.15, 0.2) is 95.6 Å². The van der Waals surface area contributed by atoms with Gasteiger partial charge in [-0.1, -0.05) is 54.6 Å². The van der Waals surface area contributed by atoms with Crippen LogP contribution in [0.4, 0.5) is 11.4 Å². The third kappa shape index (κ3) is 4.58. The summed E-state index contributed by atoms with van der Waals surface area (Å²) >= 11 is 0. The first-order chi connectivity index (χ1) is 16.2. The topological polar surface area (TPSA) is 62.6 Å². The molecule has 5 rings (SSSR count). The van der Waals surface area contributed by atoms with E-state index < -0.39 is 0 Å². The van der Waals surface area contributed by atoms with Gasteiger partial charge in [0.1, 0.15) is 0 Å². The molecular formula is C28H24N2O3. The number of carbonyl (C=O) groups excluding carboxylic acids is 2. The van der Waals surface area contributed by atoms with Crippen molar-refractivity contribution in [1.29, 1.82) is 0 Å². The molecule has 1 N–H and O–H groups in total. The minimum absolute atomic E-state index is 0.0678. The van der Waals surface area contributed by atoms with Crippen LogP contribution in [0.25, 0.3) is 11.1 Å². The van der Waals surface area contributed by atoms with E-state index >= 15 is 0 Å². The van der Waals surface area contributed by atoms with Gasteiger partial charge in [0.05, 0.1) is 12.7 Å². The Morgan fingerprint density at radius 1 is 0.879 bits per heavy atom. The largest absolute Gasteiger partial charge is 0.459 e. The highest BCUT2D eigenvalue weighted by atomic mass is 16.3. The van der Waals surface area contributed by atoms with E-state index in [0.29, 0.717) is 18.7 Å². The van der Waals surface area contributed by atoms with E-state index in [1.807, 2.05) is 60.7 Å². The van der Waals surface area contributed by atoms with Gasteiger partial charge < -0.3 is 14.6 Å². The average molecular weight is 437 g/mol. The van der Waals surface area contributed by atoms with Crippen molar-refractivity contribution >= 4 is 23.2 Å². The molecule has 1 aromatic heterocycles. The van der Waals surface area contributed by atoms with Crippen molar-refractivity contribution in [1.82, 2.24) is 0 Å². The first-order valence-corrected chi connectivity index (χ1v) is 11.1. The number of fused-ring (bicyclic) bond motifs is 1. The summed E-state index contributed by atoms with van der Waals surface area (Å²) in [4.78, 5) is 27.2. The number of furan rings is 1. The molecular weight excluding hydrogens is 412 g/mol. The van der Waals surface area contributed by atoms with Crippen molar-refractivity contribution in [3.8, 4) is 11.1 Å². The van der Waals surface area contributed by atoms with E-state index in [9.17, 15) is 9.59 Å². The Balaban J connectivity index is 1.25. The van der Waals surface area contributed by atoms with Crippen molar-refractivity contribution in [3.63, 3.8) is 0 Å². The number of nitrogens with zero attached hydrogens (tertiary/aromatic N) is 1. The van der Waals surface area contributed by atoms with E-state index in [1.54, 1.807) is 17.0 Å². The summed E-state index contributed by atoms with van der Waals surface area (Å²) in [5.74, 6) is 0.122. The molecule has 4 aromatic rings. The molecule has 2 amide bonds. The number of anilines is 2. The Morgan fingerprint density at radius 3 is 2.42 bits per heavy atom. The van der Waals surface area contributed by atoms with Gasteiger partial charge in [-0.25, -0.2) is 0 Å². The van der Waals surface area contributed by atoms with Gasteiger partial charge in [-0.3, -0.25) is 9.59 Å². The Labute approximate surface area is 192 Å². The normalized spacial score (nSPS) is 12.8. The number of hydrogen-bond donors (Lipinski definition) is 1. The summed E-state index contributed by atoms with van der Waals surface area (Å²) in [6.07, 6.45) is 3.54. The molecule has 33 heavy (non-hydrogen) atoms. The summed E-state index contributed by atoms with van der Waals surface area (Å²) in [5.41, 5.74) is 5.90. The SMILES string of the molecule is O=C(Cc1ccc(-c2ccccc2)cc1)Nc1ccc2c(c1)CCCN2C(=O)c1ccco1. The highest BCUT2D eigenvalue weighted by molar-refractivity contribution is 6.05. The average Bonchev–Trinajstić information content (AvgIpc) is 3.39. The molecule has 164 valence electrons. The molecule has 5 nitrogen and oxygen atoms in total. The van der Waals surface area contributed by atoms with Crippen molar-refractivity contribution in [2.24, 2.45) is 0 Å². The number of rotatable bonds is 5. The third-order valence-electron chi connectivity index (χ3n) is 5.88. The molecule has 2 heterocycles. The lowest BCUT2D eigenvalue weighted by Crippen LogP contribution is -2.35. The maximum absolute atomic E-state index is 12.8. The van der Waals surface area contributed by atoms with Crippen LogP contribution in [0, 0.1) is 0 Å². The van der Waals surface area contributed by atoms with Crippen LogP contribution < -0.4 is 10.2 Å². The molecule has 0 saturated heterocycles. The van der Waals surface area contributed by atoms with Crippen molar-refractivity contribution in [2.75, 3.05) is 16.8 Å². The minimum atomic E-state index is -0.142. The quantitative estimate of drug-likeness (QED) is 0.435. The van der Waals surface area contributed by atoms with E-state index in [0.717, 1.165) is 46.5 Å². The summed E-state index contributed by atoms with van der Waals surface area (Å²) < 4.78 is 5.28. The second-order valence-corrected chi connectivity index (χ2v) is 8.17. The van der Waals surface area contributed by atoms with Gasteiger partial charge in [-0.05, 0) is 65.4 Å². The molecule has 0 unspecified atom stereocenters. The Bertz CT molecular complexity index is 1260. The smallest absolute Gasteiger partial charge is 0.293 e. The molecule has 3 aromatic carbocycles. The van der Waals surface area contributed by atoms with Crippen LogP contribution in [-0.2, 0) is 17.6 Å². The maximum atomic E-state index is 12.8. The highest BCUT2D eigenvalue weighted by Gasteiger charge is 2.25. The Morgan fingerprint density at radius 2 is 1.67 bits per heavy atom. The molecule has 0 radical (unpaired) electrons. The van der Waals surface area contributed by atoms with Gasteiger partial charge in [0, 0.05) is 17.9 Å². The zero-order chi connectivity index (χ0) is 22.6. The second-order valence-electron chi connectivity index (χ2n) is 8.17. The summed E-state index contributed by atoms with van der Waals surface area (Å²) in [7, 11) is 0. The first kappa shape index (κ1) is 20.8. The number of hydrogen-bond acceptors (Lipinski definition) is 3. The predicted octanol–water partition coefficient (Wildman–Crippen LogP) is 5.72. The molecule has 1 aliphatic rings. The summed E-state index contributed by atoms with van der Waals surface area (Å²) in [5, 5.41) is 3.00. The van der Waals surface area contributed by atoms with E-state index in [-0.39, 0.29) is 11.8 Å². The van der Waals surface area contributed by atoms with Gasteiger partial charge >= 0.3 is 0 Å².